The summed E-state index contributed by atoms with van der Waals surface area (Å²) >= 11 is 0. The van der Waals surface area contributed by atoms with Crippen LogP contribution in [0.15, 0.2) is 66.7 Å². The summed E-state index contributed by atoms with van der Waals surface area (Å²) in [4.78, 5) is 14.4. The molecule has 1 N–H and O–H groups in total. The van der Waals surface area contributed by atoms with Gasteiger partial charge in [-0.2, -0.15) is 4.98 Å². The summed E-state index contributed by atoms with van der Waals surface area (Å²) in [7, 11) is 0. The lowest BCUT2D eigenvalue weighted by atomic mass is 10.1. The van der Waals surface area contributed by atoms with Crippen LogP contribution in [-0.4, -0.2) is 42.7 Å². The normalized spacial score (nSPS) is 14.2. The maximum atomic E-state index is 4.89. The fraction of sp³-hybridized carbons (Fsp3) is 0.304. The number of para-hydroxylation sites is 1. The highest BCUT2D eigenvalue weighted by molar-refractivity contribution is 5.64. The molecule has 144 valence electrons. The Labute approximate surface area is 167 Å². The molecule has 4 rings (SSSR count). The molecule has 1 aliphatic rings. The van der Waals surface area contributed by atoms with Crippen molar-refractivity contribution in [1.82, 2.24) is 9.97 Å². The Morgan fingerprint density at radius 1 is 0.821 bits per heavy atom. The second-order valence-electron chi connectivity index (χ2n) is 7.04. The number of hydrogen-bond acceptors (Lipinski definition) is 5. The van der Waals surface area contributed by atoms with Crippen LogP contribution in [0.25, 0.3) is 11.3 Å². The van der Waals surface area contributed by atoms with Gasteiger partial charge in [-0.3, -0.25) is 0 Å². The van der Waals surface area contributed by atoms with Gasteiger partial charge in [-0.05, 0) is 18.6 Å². The fourth-order valence-corrected chi connectivity index (χ4v) is 3.48. The topological polar surface area (TPSA) is 44.3 Å². The lowest BCUT2D eigenvalue weighted by molar-refractivity contribution is 0.640. The highest BCUT2D eigenvalue weighted by Gasteiger charge is 2.20. The summed E-state index contributed by atoms with van der Waals surface area (Å²) < 4.78 is 0. The highest BCUT2D eigenvalue weighted by Crippen LogP contribution is 2.24. The van der Waals surface area contributed by atoms with Gasteiger partial charge < -0.3 is 15.1 Å². The summed E-state index contributed by atoms with van der Waals surface area (Å²) in [5.74, 6) is 1.71. The van der Waals surface area contributed by atoms with Gasteiger partial charge in [0.1, 0.15) is 5.82 Å². The monoisotopic (exact) mass is 373 g/mol. The van der Waals surface area contributed by atoms with Crippen molar-refractivity contribution in [3.05, 3.63) is 66.7 Å². The first kappa shape index (κ1) is 18.3. The van der Waals surface area contributed by atoms with E-state index >= 15 is 0 Å². The highest BCUT2D eigenvalue weighted by atomic mass is 15.3. The zero-order chi connectivity index (χ0) is 19.2. The second-order valence-corrected chi connectivity index (χ2v) is 7.04. The maximum absolute atomic E-state index is 4.89. The lowest BCUT2D eigenvalue weighted by Crippen LogP contribution is -2.47. The van der Waals surface area contributed by atoms with E-state index in [4.69, 9.17) is 9.97 Å². The molecule has 3 aromatic rings. The van der Waals surface area contributed by atoms with Crippen molar-refractivity contribution >= 4 is 17.5 Å². The summed E-state index contributed by atoms with van der Waals surface area (Å²) in [6, 6.07) is 23.0. The molecule has 0 saturated carbocycles. The summed E-state index contributed by atoms with van der Waals surface area (Å²) in [6.07, 6.45) is 1.07. The molecule has 5 heteroatoms. The number of hydrogen-bond donors (Lipinski definition) is 1. The number of piperazine rings is 1. The minimum absolute atomic E-state index is 0.813. The van der Waals surface area contributed by atoms with Crippen LogP contribution < -0.4 is 15.1 Å². The van der Waals surface area contributed by atoms with Crippen molar-refractivity contribution < 1.29 is 0 Å². The van der Waals surface area contributed by atoms with E-state index in [0.717, 1.165) is 62.2 Å². The van der Waals surface area contributed by atoms with Gasteiger partial charge in [0.15, 0.2) is 0 Å². The van der Waals surface area contributed by atoms with Gasteiger partial charge >= 0.3 is 0 Å². The average molecular weight is 374 g/mol. The number of nitrogens with zero attached hydrogens (tertiary/aromatic N) is 4. The molecule has 0 spiro atoms. The van der Waals surface area contributed by atoms with Gasteiger partial charge in [0.05, 0.1) is 5.69 Å². The molecule has 2 heterocycles. The SMILES string of the molecule is CCCNc1cc(-c2ccccc2)nc(N2CCN(c3ccccc3)CC2)n1. The van der Waals surface area contributed by atoms with Crippen LogP contribution >= 0.6 is 0 Å². The second kappa shape index (κ2) is 8.74. The molecule has 5 nitrogen and oxygen atoms in total. The maximum Gasteiger partial charge on any atom is 0.227 e. The van der Waals surface area contributed by atoms with E-state index in [9.17, 15) is 0 Å². The molecule has 1 fully saturated rings. The predicted octanol–water partition coefficient (Wildman–Crippen LogP) is 4.29. The zero-order valence-corrected chi connectivity index (χ0v) is 16.4. The first-order valence-corrected chi connectivity index (χ1v) is 10.1. The minimum Gasteiger partial charge on any atom is -0.370 e. The Morgan fingerprint density at radius 3 is 2.14 bits per heavy atom. The standard InChI is InChI=1S/C23H27N5/c1-2-13-24-22-18-21(19-9-5-3-6-10-19)25-23(26-22)28-16-14-27(15-17-28)20-11-7-4-8-12-20/h3-12,18H,2,13-17H2,1H3,(H,24,25,26). The number of anilines is 3. The van der Waals surface area contributed by atoms with Gasteiger partial charge in [0.2, 0.25) is 5.95 Å². The van der Waals surface area contributed by atoms with Crippen molar-refractivity contribution in [2.75, 3.05) is 47.8 Å². The smallest absolute Gasteiger partial charge is 0.227 e. The van der Waals surface area contributed by atoms with Crippen molar-refractivity contribution in [3.63, 3.8) is 0 Å². The molecule has 1 aliphatic heterocycles. The largest absolute Gasteiger partial charge is 0.370 e. The van der Waals surface area contributed by atoms with Crippen LogP contribution in [0.3, 0.4) is 0 Å². The lowest BCUT2D eigenvalue weighted by Gasteiger charge is -2.36. The molecule has 0 aliphatic carbocycles. The van der Waals surface area contributed by atoms with Crippen LogP contribution in [-0.2, 0) is 0 Å². The fourth-order valence-electron chi connectivity index (χ4n) is 3.48. The van der Waals surface area contributed by atoms with Crippen molar-refractivity contribution in [1.29, 1.82) is 0 Å². The third-order valence-electron chi connectivity index (χ3n) is 5.02. The molecule has 0 bridgehead atoms. The molecule has 0 amide bonds. The quantitative estimate of drug-likeness (QED) is 0.698. The number of rotatable bonds is 6. The summed E-state index contributed by atoms with van der Waals surface area (Å²) in [6.45, 7) is 6.85. The molecule has 0 unspecified atom stereocenters. The van der Waals surface area contributed by atoms with Gasteiger partial charge in [-0.25, -0.2) is 4.98 Å². The molecule has 28 heavy (non-hydrogen) atoms. The van der Waals surface area contributed by atoms with E-state index in [2.05, 4.69) is 82.7 Å². The minimum atomic E-state index is 0.813. The molecule has 0 radical (unpaired) electrons. The van der Waals surface area contributed by atoms with Gasteiger partial charge in [0, 0.05) is 50.0 Å². The molecular weight excluding hydrogens is 346 g/mol. The molecule has 0 atom stereocenters. The molecule has 1 aromatic heterocycles. The van der Waals surface area contributed by atoms with Crippen molar-refractivity contribution in [2.24, 2.45) is 0 Å². The molecule has 2 aromatic carbocycles. The number of nitrogens with one attached hydrogen (secondary N) is 1. The zero-order valence-electron chi connectivity index (χ0n) is 16.4. The van der Waals surface area contributed by atoms with Crippen LogP contribution in [0.4, 0.5) is 17.5 Å². The van der Waals surface area contributed by atoms with Gasteiger partial charge in [-0.15, -0.1) is 0 Å². The van der Waals surface area contributed by atoms with E-state index in [1.165, 1.54) is 5.69 Å². The van der Waals surface area contributed by atoms with Crippen LogP contribution in [0.2, 0.25) is 0 Å². The van der Waals surface area contributed by atoms with E-state index in [-0.39, 0.29) is 0 Å². The average Bonchev–Trinajstić information content (AvgIpc) is 2.79. The Hall–Kier alpha value is -3.08. The van der Waals surface area contributed by atoms with E-state index < -0.39 is 0 Å². The van der Waals surface area contributed by atoms with E-state index in [1.54, 1.807) is 0 Å². The Kier molecular flexibility index (Phi) is 5.71. The Bertz CT molecular complexity index is 874. The third-order valence-corrected chi connectivity index (χ3v) is 5.02. The van der Waals surface area contributed by atoms with Crippen molar-refractivity contribution in [2.45, 2.75) is 13.3 Å². The van der Waals surface area contributed by atoms with Crippen molar-refractivity contribution in [3.8, 4) is 11.3 Å². The van der Waals surface area contributed by atoms with Gasteiger partial charge in [0.25, 0.3) is 0 Å². The van der Waals surface area contributed by atoms with Crippen LogP contribution in [0, 0.1) is 0 Å². The predicted molar refractivity (Wildman–Crippen MR) is 117 cm³/mol. The first-order valence-electron chi connectivity index (χ1n) is 10.1. The number of benzene rings is 2. The Balaban J connectivity index is 1.55. The number of aromatic nitrogens is 2. The van der Waals surface area contributed by atoms with E-state index in [0.29, 0.717) is 0 Å². The Morgan fingerprint density at radius 2 is 1.46 bits per heavy atom. The van der Waals surface area contributed by atoms with Gasteiger partial charge in [-0.1, -0.05) is 55.5 Å². The first-order chi connectivity index (χ1) is 13.8. The molecular formula is C23H27N5. The summed E-state index contributed by atoms with van der Waals surface area (Å²) in [5, 5.41) is 3.43. The van der Waals surface area contributed by atoms with E-state index in [1.807, 2.05) is 6.07 Å². The van der Waals surface area contributed by atoms with Crippen LogP contribution in [0.5, 0.6) is 0 Å². The summed E-state index contributed by atoms with van der Waals surface area (Å²) in [5.41, 5.74) is 3.37. The third kappa shape index (κ3) is 4.25. The molecule has 1 saturated heterocycles. The van der Waals surface area contributed by atoms with Crippen LogP contribution in [0.1, 0.15) is 13.3 Å².